The van der Waals surface area contributed by atoms with Gasteiger partial charge >= 0.3 is 0 Å². The molecule has 1 atom stereocenters. The van der Waals surface area contributed by atoms with Crippen molar-refractivity contribution >= 4 is 29.9 Å². The fourth-order valence-electron chi connectivity index (χ4n) is 3.97. The second-order valence-corrected chi connectivity index (χ2v) is 8.03. The quantitative estimate of drug-likeness (QED) is 0.315. The highest BCUT2D eigenvalue weighted by molar-refractivity contribution is 14.0. The van der Waals surface area contributed by atoms with E-state index >= 15 is 0 Å². The number of hydrogen-bond donors (Lipinski definition) is 3. The number of rotatable bonds is 7. The molecule has 1 saturated heterocycles. The summed E-state index contributed by atoms with van der Waals surface area (Å²) in [5.74, 6) is 1.68. The maximum absolute atomic E-state index is 9.32. The number of ether oxygens (including phenoxy) is 1. The Morgan fingerprint density at radius 2 is 2.00 bits per heavy atom. The Bertz CT molecular complexity index is 390. The molecule has 1 saturated carbocycles. The molecule has 1 aliphatic heterocycles. The van der Waals surface area contributed by atoms with Crippen LogP contribution in [0.1, 0.15) is 52.4 Å². The highest BCUT2D eigenvalue weighted by atomic mass is 127. The smallest absolute Gasteiger partial charge is 0.191 e. The van der Waals surface area contributed by atoms with Gasteiger partial charge in [0.15, 0.2) is 5.96 Å². The van der Waals surface area contributed by atoms with Crippen LogP contribution in [0.5, 0.6) is 0 Å². The molecular weight excluding hydrogens is 417 g/mol. The van der Waals surface area contributed by atoms with E-state index in [1.54, 1.807) is 0 Å². The molecule has 3 N–H and O–H groups in total. The molecule has 142 valence electrons. The topological polar surface area (TPSA) is 65.9 Å². The Hall–Kier alpha value is -0.0800. The molecule has 6 heteroatoms. The minimum Gasteiger partial charge on any atom is -0.396 e. The number of nitrogens with zero attached hydrogens (tertiary/aromatic N) is 1. The molecule has 1 aliphatic carbocycles. The molecule has 0 aromatic rings. The number of guanidine groups is 1. The van der Waals surface area contributed by atoms with Gasteiger partial charge in [-0.1, -0.05) is 26.7 Å². The fourth-order valence-corrected chi connectivity index (χ4v) is 3.97. The van der Waals surface area contributed by atoms with E-state index in [1.165, 1.54) is 25.7 Å². The van der Waals surface area contributed by atoms with E-state index in [2.05, 4.69) is 29.5 Å². The molecule has 0 aromatic heterocycles. The normalized spacial score (nSPS) is 25.6. The Kier molecular flexibility index (Phi) is 9.30. The minimum absolute atomic E-state index is 0. The van der Waals surface area contributed by atoms with Gasteiger partial charge in [-0.15, -0.1) is 24.0 Å². The van der Waals surface area contributed by atoms with Gasteiger partial charge < -0.3 is 20.5 Å². The van der Waals surface area contributed by atoms with Crippen molar-refractivity contribution in [2.45, 2.75) is 52.4 Å². The summed E-state index contributed by atoms with van der Waals surface area (Å²) < 4.78 is 5.55. The zero-order valence-electron chi connectivity index (χ0n) is 15.6. The average Bonchev–Trinajstić information content (AvgIpc) is 3.20. The summed E-state index contributed by atoms with van der Waals surface area (Å²) in [5, 5.41) is 16.3. The molecule has 0 aromatic carbocycles. The predicted octanol–water partition coefficient (Wildman–Crippen LogP) is 2.77. The predicted molar refractivity (Wildman–Crippen MR) is 110 cm³/mol. The van der Waals surface area contributed by atoms with E-state index in [-0.39, 0.29) is 36.0 Å². The first-order valence-electron chi connectivity index (χ1n) is 9.14. The first-order valence-corrected chi connectivity index (χ1v) is 9.14. The van der Waals surface area contributed by atoms with Crippen LogP contribution in [-0.2, 0) is 4.74 Å². The van der Waals surface area contributed by atoms with Crippen LogP contribution in [0.15, 0.2) is 4.99 Å². The van der Waals surface area contributed by atoms with Crippen molar-refractivity contribution in [3.05, 3.63) is 0 Å². The van der Waals surface area contributed by atoms with Gasteiger partial charge in [-0.2, -0.15) is 0 Å². The third kappa shape index (κ3) is 6.02. The summed E-state index contributed by atoms with van der Waals surface area (Å²) in [5.41, 5.74) is 0.348. The van der Waals surface area contributed by atoms with Crippen molar-refractivity contribution in [2.75, 3.05) is 40.0 Å². The highest BCUT2D eigenvalue weighted by Gasteiger charge is 2.35. The van der Waals surface area contributed by atoms with Crippen LogP contribution >= 0.6 is 24.0 Å². The van der Waals surface area contributed by atoms with Gasteiger partial charge in [0.2, 0.25) is 0 Å². The van der Waals surface area contributed by atoms with Crippen LogP contribution in [0.2, 0.25) is 0 Å². The van der Waals surface area contributed by atoms with E-state index in [0.29, 0.717) is 5.41 Å². The lowest BCUT2D eigenvalue weighted by Crippen LogP contribution is -2.47. The Labute approximate surface area is 164 Å². The number of hydrogen-bond acceptors (Lipinski definition) is 3. The van der Waals surface area contributed by atoms with Crippen molar-refractivity contribution in [1.29, 1.82) is 0 Å². The lowest BCUT2D eigenvalue weighted by atomic mass is 9.78. The second-order valence-electron chi connectivity index (χ2n) is 8.03. The maximum Gasteiger partial charge on any atom is 0.191 e. The van der Waals surface area contributed by atoms with Gasteiger partial charge in [0.05, 0.1) is 6.61 Å². The summed E-state index contributed by atoms with van der Waals surface area (Å²) >= 11 is 0. The molecule has 1 heterocycles. The van der Waals surface area contributed by atoms with Crippen molar-refractivity contribution in [3.63, 3.8) is 0 Å². The van der Waals surface area contributed by atoms with Crippen LogP contribution in [0.4, 0.5) is 0 Å². The lowest BCUT2D eigenvalue weighted by Gasteiger charge is -2.33. The Balaban J connectivity index is 0.00000288. The summed E-state index contributed by atoms with van der Waals surface area (Å²) in [4.78, 5) is 4.36. The van der Waals surface area contributed by atoms with Crippen LogP contribution in [0.3, 0.4) is 0 Å². The second kappa shape index (κ2) is 10.2. The van der Waals surface area contributed by atoms with Crippen LogP contribution < -0.4 is 10.6 Å². The van der Waals surface area contributed by atoms with Crippen molar-refractivity contribution < 1.29 is 9.84 Å². The Morgan fingerprint density at radius 1 is 1.29 bits per heavy atom. The van der Waals surface area contributed by atoms with Crippen LogP contribution in [-0.4, -0.2) is 51.0 Å². The van der Waals surface area contributed by atoms with Gasteiger partial charge in [-0.05, 0) is 37.0 Å². The fraction of sp³-hybridized carbons (Fsp3) is 0.944. The first kappa shape index (κ1) is 22.0. The molecule has 2 fully saturated rings. The van der Waals surface area contributed by atoms with Gasteiger partial charge in [-0.3, -0.25) is 4.99 Å². The Morgan fingerprint density at radius 3 is 2.54 bits per heavy atom. The molecule has 5 nitrogen and oxygen atoms in total. The molecule has 0 bridgehead atoms. The summed E-state index contributed by atoms with van der Waals surface area (Å²) in [6.45, 7) is 8.21. The number of aliphatic hydroxyl groups is 1. The molecule has 0 spiro atoms. The van der Waals surface area contributed by atoms with Gasteiger partial charge in [0.1, 0.15) is 0 Å². The average molecular weight is 453 g/mol. The third-order valence-electron chi connectivity index (χ3n) is 5.85. The number of aliphatic hydroxyl groups excluding tert-OH is 1. The highest BCUT2D eigenvalue weighted by Crippen LogP contribution is 2.39. The van der Waals surface area contributed by atoms with E-state index in [1.807, 2.05) is 7.05 Å². The molecular formula is C18H36IN3O2. The van der Waals surface area contributed by atoms with Crippen LogP contribution in [0, 0.1) is 16.7 Å². The van der Waals surface area contributed by atoms with E-state index in [4.69, 9.17) is 4.74 Å². The molecule has 24 heavy (non-hydrogen) atoms. The van der Waals surface area contributed by atoms with Crippen molar-refractivity contribution in [3.8, 4) is 0 Å². The maximum atomic E-state index is 9.32. The molecule has 0 amide bonds. The summed E-state index contributed by atoms with van der Waals surface area (Å²) in [6.07, 6.45) is 7.26. The SMILES string of the molecule is CN=C(NCC1(CCO)CCOC1)NCC(C)(C)C1CCCC1.I. The molecule has 2 aliphatic rings. The van der Waals surface area contributed by atoms with Gasteiger partial charge in [0, 0.05) is 38.8 Å². The number of halogens is 1. The van der Waals surface area contributed by atoms with E-state index in [0.717, 1.165) is 51.0 Å². The van der Waals surface area contributed by atoms with Gasteiger partial charge in [0.25, 0.3) is 0 Å². The molecule has 1 unspecified atom stereocenters. The monoisotopic (exact) mass is 453 g/mol. The van der Waals surface area contributed by atoms with Gasteiger partial charge in [-0.25, -0.2) is 0 Å². The summed E-state index contributed by atoms with van der Waals surface area (Å²) in [7, 11) is 1.82. The zero-order chi connectivity index (χ0) is 16.8. The first-order chi connectivity index (χ1) is 11.0. The van der Waals surface area contributed by atoms with Crippen molar-refractivity contribution in [1.82, 2.24) is 10.6 Å². The van der Waals surface area contributed by atoms with Crippen LogP contribution in [0.25, 0.3) is 0 Å². The number of aliphatic imine (C=N–C) groups is 1. The largest absolute Gasteiger partial charge is 0.396 e. The standard InChI is InChI=1S/C18H35N3O2.HI/c1-17(2,15-6-4-5-7-15)12-20-16(19-3)21-13-18(8-10-22)9-11-23-14-18;/h15,22H,4-14H2,1-3H3,(H2,19,20,21);1H. The molecule has 0 radical (unpaired) electrons. The number of nitrogens with one attached hydrogen (secondary N) is 2. The zero-order valence-corrected chi connectivity index (χ0v) is 17.9. The third-order valence-corrected chi connectivity index (χ3v) is 5.85. The minimum atomic E-state index is 0. The van der Waals surface area contributed by atoms with Crippen molar-refractivity contribution in [2.24, 2.45) is 21.7 Å². The van der Waals surface area contributed by atoms with E-state index in [9.17, 15) is 5.11 Å². The van der Waals surface area contributed by atoms with E-state index < -0.39 is 0 Å². The lowest BCUT2D eigenvalue weighted by molar-refractivity contribution is 0.127. The summed E-state index contributed by atoms with van der Waals surface area (Å²) in [6, 6.07) is 0. The molecule has 2 rings (SSSR count).